The molecule has 1 unspecified atom stereocenters. The van der Waals surface area contributed by atoms with Gasteiger partial charge >= 0.3 is 0 Å². The van der Waals surface area contributed by atoms with E-state index >= 15 is 0 Å². The number of hydrazone groups is 1. The molecule has 7 nitrogen and oxygen atoms in total. The van der Waals surface area contributed by atoms with Gasteiger partial charge in [0, 0.05) is 15.7 Å². The maximum absolute atomic E-state index is 12.2. The molecule has 2 N–H and O–H groups in total. The molecule has 0 heterocycles. The van der Waals surface area contributed by atoms with Crippen molar-refractivity contribution in [3.05, 3.63) is 52.5 Å². The average Bonchev–Trinajstić information content (AvgIpc) is 2.69. The Labute approximate surface area is 172 Å². The van der Waals surface area contributed by atoms with E-state index in [9.17, 15) is 9.59 Å². The van der Waals surface area contributed by atoms with Crippen LogP contribution in [0.15, 0.2) is 52.0 Å². The van der Waals surface area contributed by atoms with Crippen molar-refractivity contribution in [2.45, 2.75) is 13.8 Å². The first kappa shape index (κ1) is 21.4. The number of hydrogen-bond acceptors (Lipinski definition) is 5. The number of halogens is 1. The van der Waals surface area contributed by atoms with E-state index in [1.54, 1.807) is 31.4 Å². The van der Waals surface area contributed by atoms with E-state index in [0.717, 1.165) is 4.47 Å². The zero-order valence-electron chi connectivity index (χ0n) is 15.9. The van der Waals surface area contributed by atoms with Gasteiger partial charge in [-0.05, 0) is 56.3 Å². The number of amides is 2. The predicted molar refractivity (Wildman–Crippen MR) is 112 cm³/mol. The van der Waals surface area contributed by atoms with Crippen LogP contribution in [0.1, 0.15) is 19.4 Å². The third-order valence-electron chi connectivity index (χ3n) is 3.79. The zero-order valence-corrected chi connectivity index (χ0v) is 17.4. The number of carbonyl (C=O) groups is 2. The quantitative estimate of drug-likeness (QED) is 0.367. The van der Waals surface area contributed by atoms with Crippen LogP contribution in [0.25, 0.3) is 0 Å². The Morgan fingerprint density at radius 2 is 1.89 bits per heavy atom. The summed E-state index contributed by atoms with van der Waals surface area (Å²) in [5, 5.41) is 6.62. The molecule has 0 bridgehead atoms. The second-order valence-electron chi connectivity index (χ2n) is 5.79. The molecular formula is C20H22BrN3O4. The smallest absolute Gasteiger partial charge is 0.252 e. The Bertz CT molecular complexity index is 853. The van der Waals surface area contributed by atoms with E-state index < -0.39 is 17.7 Å². The first-order valence-corrected chi connectivity index (χ1v) is 9.44. The molecule has 2 aromatic rings. The zero-order chi connectivity index (χ0) is 20.5. The van der Waals surface area contributed by atoms with Gasteiger partial charge in [-0.2, -0.15) is 5.10 Å². The summed E-state index contributed by atoms with van der Waals surface area (Å²) >= 11 is 3.39. The lowest BCUT2D eigenvalue weighted by molar-refractivity contribution is -0.131. The highest BCUT2D eigenvalue weighted by atomic mass is 79.9. The molecule has 0 aliphatic carbocycles. The first-order valence-electron chi connectivity index (χ1n) is 8.64. The highest BCUT2D eigenvalue weighted by molar-refractivity contribution is 9.10. The summed E-state index contributed by atoms with van der Waals surface area (Å²) in [6, 6.07) is 12.3. The number of hydrogen-bond donors (Lipinski definition) is 2. The first-order chi connectivity index (χ1) is 13.4. The lowest BCUT2D eigenvalue weighted by Gasteiger charge is -2.11. The lowest BCUT2D eigenvalue weighted by atomic mass is 10.1. The largest absolute Gasteiger partial charge is 0.497 e. The fourth-order valence-corrected chi connectivity index (χ4v) is 2.59. The molecule has 0 aliphatic heterocycles. The minimum atomic E-state index is -0.923. The fourth-order valence-electron chi connectivity index (χ4n) is 2.21. The van der Waals surface area contributed by atoms with Gasteiger partial charge in [0.2, 0.25) is 5.91 Å². The third-order valence-corrected chi connectivity index (χ3v) is 4.29. The number of rotatable bonds is 8. The van der Waals surface area contributed by atoms with Crippen LogP contribution < -0.4 is 20.2 Å². The van der Waals surface area contributed by atoms with Gasteiger partial charge in [0.25, 0.3) is 5.91 Å². The summed E-state index contributed by atoms with van der Waals surface area (Å²) in [4.78, 5) is 24.4. The van der Waals surface area contributed by atoms with Crippen LogP contribution in [-0.4, -0.2) is 31.7 Å². The van der Waals surface area contributed by atoms with Crippen LogP contribution in [-0.2, 0) is 9.59 Å². The van der Waals surface area contributed by atoms with Crippen molar-refractivity contribution in [3.8, 4) is 11.5 Å². The molecule has 0 spiro atoms. The highest BCUT2D eigenvalue weighted by Gasteiger charge is 2.21. The Morgan fingerprint density at radius 3 is 2.54 bits per heavy atom. The van der Waals surface area contributed by atoms with E-state index in [1.165, 1.54) is 13.1 Å². The van der Waals surface area contributed by atoms with Crippen molar-refractivity contribution in [2.24, 2.45) is 11.0 Å². The van der Waals surface area contributed by atoms with Gasteiger partial charge in [-0.25, -0.2) is 5.43 Å². The molecule has 1 atom stereocenters. The molecule has 0 saturated carbocycles. The van der Waals surface area contributed by atoms with Crippen molar-refractivity contribution in [1.82, 2.24) is 5.43 Å². The van der Waals surface area contributed by atoms with E-state index in [2.05, 4.69) is 31.8 Å². The number of nitrogens with one attached hydrogen (secondary N) is 2. The van der Waals surface area contributed by atoms with Gasteiger partial charge in [-0.15, -0.1) is 0 Å². The number of carbonyl (C=O) groups excluding carboxylic acids is 2. The Kier molecular flexibility index (Phi) is 8.01. The fraction of sp³-hybridized carbons (Fsp3) is 0.250. The average molecular weight is 448 g/mol. The maximum atomic E-state index is 12.2. The van der Waals surface area contributed by atoms with Crippen LogP contribution in [0.3, 0.4) is 0 Å². The van der Waals surface area contributed by atoms with Gasteiger partial charge in [-0.3, -0.25) is 9.59 Å². The van der Waals surface area contributed by atoms with E-state index in [0.29, 0.717) is 29.4 Å². The highest BCUT2D eigenvalue weighted by Crippen LogP contribution is 2.21. The Balaban J connectivity index is 1.95. The molecule has 0 aliphatic rings. The van der Waals surface area contributed by atoms with Gasteiger partial charge in [-0.1, -0.05) is 15.9 Å². The number of benzene rings is 2. The molecular weight excluding hydrogens is 426 g/mol. The van der Waals surface area contributed by atoms with Crippen LogP contribution in [0.2, 0.25) is 0 Å². The van der Waals surface area contributed by atoms with Crippen molar-refractivity contribution in [2.75, 3.05) is 19.0 Å². The van der Waals surface area contributed by atoms with Crippen molar-refractivity contribution in [3.63, 3.8) is 0 Å². The molecule has 148 valence electrons. The number of nitrogens with zero attached hydrogens (tertiary/aromatic N) is 1. The van der Waals surface area contributed by atoms with Gasteiger partial charge in [0.1, 0.15) is 17.4 Å². The monoisotopic (exact) mass is 447 g/mol. The predicted octanol–water partition coefficient (Wildman–Crippen LogP) is 3.58. The van der Waals surface area contributed by atoms with E-state index in [-0.39, 0.29) is 0 Å². The normalized spacial score (nSPS) is 11.7. The topological polar surface area (TPSA) is 89.0 Å². The summed E-state index contributed by atoms with van der Waals surface area (Å²) in [7, 11) is 1.56. The summed E-state index contributed by atoms with van der Waals surface area (Å²) in [5.74, 6) is -0.551. The van der Waals surface area contributed by atoms with Gasteiger partial charge in [0.05, 0.1) is 19.9 Å². The van der Waals surface area contributed by atoms with Crippen LogP contribution in [0, 0.1) is 5.92 Å². The summed E-state index contributed by atoms with van der Waals surface area (Å²) < 4.78 is 11.4. The molecule has 2 amide bonds. The number of anilines is 1. The van der Waals surface area contributed by atoms with E-state index in [1.807, 2.05) is 25.1 Å². The maximum Gasteiger partial charge on any atom is 0.252 e. The molecule has 0 radical (unpaired) electrons. The standard InChI is InChI=1S/C20H22BrN3O4/c1-4-28-18-10-5-15(21)11-14(18)12-22-24-20(26)13(2)19(25)23-16-6-8-17(27-3)9-7-16/h5-13H,4H2,1-3H3,(H,23,25)(H,24,26). The molecule has 2 aromatic carbocycles. The summed E-state index contributed by atoms with van der Waals surface area (Å²) in [6.45, 7) is 3.90. The van der Waals surface area contributed by atoms with Gasteiger partial charge in [0.15, 0.2) is 0 Å². The van der Waals surface area contributed by atoms with E-state index in [4.69, 9.17) is 9.47 Å². The second-order valence-corrected chi connectivity index (χ2v) is 6.70. The van der Waals surface area contributed by atoms with Crippen LogP contribution >= 0.6 is 15.9 Å². The summed E-state index contributed by atoms with van der Waals surface area (Å²) in [5.41, 5.74) is 3.66. The lowest BCUT2D eigenvalue weighted by Crippen LogP contribution is -2.34. The second kappa shape index (κ2) is 10.5. The molecule has 0 aromatic heterocycles. The Hall–Kier alpha value is -2.87. The SMILES string of the molecule is CCOc1ccc(Br)cc1C=NNC(=O)C(C)C(=O)Nc1ccc(OC)cc1. The number of ether oxygens (including phenoxy) is 2. The molecule has 0 fully saturated rings. The Morgan fingerprint density at radius 1 is 1.18 bits per heavy atom. The number of methoxy groups -OCH3 is 1. The van der Waals surface area contributed by atoms with Crippen LogP contribution in [0.4, 0.5) is 5.69 Å². The molecule has 2 rings (SSSR count). The third kappa shape index (κ3) is 6.09. The van der Waals surface area contributed by atoms with Crippen LogP contribution in [0.5, 0.6) is 11.5 Å². The molecule has 28 heavy (non-hydrogen) atoms. The molecule has 8 heteroatoms. The van der Waals surface area contributed by atoms with Crippen molar-refractivity contribution >= 4 is 39.6 Å². The van der Waals surface area contributed by atoms with Crippen molar-refractivity contribution < 1.29 is 19.1 Å². The minimum Gasteiger partial charge on any atom is -0.497 e. The summed E-state index contributed by atoms with van der Waals surface area (Å²) in [6.07, 6.45) is 1.47. The van der Waals surface area contributed by atoms with Gasteiger partial charge < -0.3 is 14.8 Å². The van der Waals surface area contributed by atoms with Crippen molar-refractivity contribution in [1.29, 1.82) is 0 Å². The minimum absolute atomic E-state index is 0.435. The molecule has 0 saturated heterocycles.